The van der Waals surface area contributed by atoms with Crippen LogP contribution in [-0.4, -0.2) is 16.8 Å². The van der Waals surface area contributed by atoms with Crippen LogP contribution in [0.2, 0.25) is 0 Å². The van der Waals surface area contributed by atoms with Crippen LogP contribution in [0.5, 0.6) is 0 Å². The lowest BCUT2D eigenvalue weighted by Gasteiger charge is -2.17. The monoisotopic (exact) mass is 461 g/mol. The second-order valence-electron chi connectivity index (χ2n) is 6.39. The third kappa shape index (κ3) is 4.28. The fourth-order valence-corrected chi connectivity index (χ4v) is 4.46. The van der Waals surface area contributed by atoms with Crippen LogP contribution in [0.1, 0.15) is 33.8 Å². The molecule has 1 aliphatic rings. The average molecular weight is 462 g/mol. The zero-order chi connectivity index (χ0) is 18.9. The maximum absolute atomic E-state index is 12.5. The van der Waals surface area contributed by atoms with E-state index in [1.54, 1.807) is 6.07 Å². The molecule has 2 heterocycles. The molecule has 0 unspecified atom stereocenters. The molecule has 3 aromatic rings. The third-order valence-electron chi connectivity index (χ3n) is 4.38. The van der Waals surface area contributed by atoms with Crippen molar-refractivity contribution in [1.82, 2.24) is 10.3 Å². The number of nitrogens with one attached hydrogen (secondary N) is 2. The molecule has 1 aromatic carbocycles. The molecule has 0 aliphatic heterocycles. The molecule has 138 valence electrons. The van der Waals surface area contributed by atoms with Crippen molar-refractivity contribution in [3.63, 3.8) is 0 Å². The van der Waals surface area contributed by atoms with Crippen LogP contribution in [0, 0.1) is 0 Å². The highest BCUT2D eigenvalue weighted by Crippen LogP contribution is 2.45. The molecule has 2 aromatic heterocycles. The first kappa shape index (κ1) is 18.3. The molecule has 0 spiro atoms. The van der Waals surface area contributed by atoms with Crippen LogP contribution in [0.4, 0.5) is 5.13 Å². The lowest BCUT2D eigenvalue weighted by molar-refractivity contribution is -0.121. The molecule has 1 fully saturated rings. The van der Waals surface area contributed by atoms with Gasteiger partial charge in [-0.1, -0.05) is 34.1 Å². The van der Waals surface area contributed by atoms with Gasteiger partial charge in [-0.25, -0.2) is 4.98 Å². The number of hydrogen-bond acceptors (Lipinski definition) is 5. The van der Waals surface area contributed by atoms with Crippen molar-refractivity contribution in [2.45, 2.75) is 24.8 Å². The first-order valence-corrected chi connectivity index (χ1v) is 11.0. The number of thiazole rings is 1. The summed E-state index contributed by atoms with van der Waals surface area (Å²) in [7, 11) is 0. The van der Waals surface area contributed by atoms with Gasteiger partial charge in [0.1, 0.15) is 0 Å². The van der Waals surface area contributed by atoms with Gasteiger partial charge < -0.3 is 5.32 Å². The van der Waals surface area contributed by atoms with E-state index < -0.39 is 0 Å². The van der Waals surface area contributed by atoms with Gasteiger partial charge in [0.25, 0.3) is 5.91 Å². The number of halogens is 1. The number of amides is 2. The fraction of sp³-hybridized carbons (Fsp3) is 0.211. The lowest BCUT2D eigenvalue weighted by Crippen LogP contribution is -2.35. The van der Waals surface area contributed by atoms with Gasteiger partial charge in [0, 0.05) is 9.85 Å². The van der Waals surface area contributed by atoms with Crippen molar-refractivity contribution >= 4 is 55.5 Å². The second kappa shape index (κ2) is 7.53. The molecule has 0 atom stereocenters. The van der Waals surface area contributed by atoms with Gasteiger partial charge >= 0.3 is 0 Å². The van der Waals surface area contributed by atoms with E-state index in [0.717, 1.165) is 22.9 Å². The number of nitrogens with zero attached hydrogens (tertiary/aromatic N) is 1. The summed E-state index contributed by atoms with van der Waals surface area (Å²) in [5.74, 6) is -0.237. The summed E-state index contributed by atoms with van der Waals surface area (Å²) in [5, 5.41) is 10.1. The molecule has 27 heavy (non-hydrogen) atoms. The first-order valence-electron chi connectivity index (χ1n) is 8.40. The summed E-state index contributed by atoms with van der Waals surface area (Å²) < 4.78 is 1.02. The van der Waals surface area contributed by atoms with Crippen LogP contribution in [0.3, 0.4) is 0 Å². The predicted octanol–water partition coefficient (Wildman–Crippen LogP) is 4.57. The summed E-state index contributed by atoms with van der Waals surface area (Å²) >= 11 is 6.14. The molecule has 8 heteroatoms. The van der Waals surface area contributed by atoms with E-state index in [9.17, 15) is 9.59 Å². The van der Waals surface area contributed by atoms with Crippen molar-refractivity contribution in [1.29, 1.82) is 0 Å². The highest BCUT2D eigenvalue weighted by Gasteiger charge is 2.45. The smallest absolute Gasteiger partial charge is 0.267 e. The highest BCUT2D eigenvalue weighted by atomic mass is 79.9. The van der Waals surface area contributed by atoms with E-state index in [0.29, 0.717) is 15.7 Å². The van der Waals surface area contributed by atoms with E-state index >= 15 is 0 Å². The number of hydrogen-bond donors (Lipinski definition) is 2. The van der Waals surface area contributed by atoms with Crippen molar-refractivity contribution in [3.05, 3.63) is 67.8 Å². The van der Waals surface area contributed by atoms with Crippen LogP contribution in [-0.2, 0) is 16.8 Å². The Labute approximate surface area is 173 Å². The highest BCUT2D eigenvalue weighted by molar-refractivity contribution is 9.10. The molecule has 1 saturated carbocycles. The Morgan fingerprint density at radius 2 is 1.93 bits per heavy atom. The normalized spacial score (nSPS) is 14.6. The van der Waals surface area contributed by atoms with Gasteiger partial charge in [0.15, 0.2) is 5.13 Å². The molecule has 0 saturated heterocycles. The summed E-state index contributed by atoms with van der Waals surface area (Å²) in [6, 6.07) is 11.7. The minimum absolute atomic E-state index is 0.0585. The lowest BCUT2D eigenvalue weighted by atomic mass is 10.0. The van der Waals surface area contributed by atoms with E-state index in [1.165, 1.54) is 22.7 Å². The SMILES string of the molecule is O=C(Cc1csc(NC(=O)c2cccs2)n1)NC1(c2ccc(Br)cc2)CC1. The Hall–Kier alpha value is -2.03. The van der Waals surface area contributed by atoms with Gasteiger partial charge in [-0.2, -0.15) is 0 Å². The molecule has 4 rings (SSSR count). The number of rotatable bonds is 6. The van der Waals surface area contributed by atoms with Gasteiger partial charge in [0.2, 0.25) is 5.91 Å². The number of carbonyl (C=O) groups is 2. The topological polar surface area (TPSA) is 71.1 Å². The van der Waals surface area contributed by atoms with E-state index in [4.69, 9.17) is 0 Å². The van der Waals surface area contributed by atoms with Gasteiger partial charge in [-0.3, -0.25) is 14.9 Å². The quantitative estimate of drug-likeness (QED) is 0.564. The standard InChI is InChI=1S/C19H16BrN3O2S2/c20-13-5-3-12(4-6-13)19(7-8-19)23-16(24)10-14-11-27-18(21-14)22-17(25)15-2-1-9-26-15/h1-6,9,11H,7-8,10H2,(H,23,24)(H,21,22,25). The minimum atomic E-state index is -0.246. The Morgan fingerprint density at radius 1 is 1.15 bits per heavy atom. The number of anilines is 1. The van der Waals surface area contributed by atoms with Crippen LogP contribution in [0.15, 0.2) is 51.6 Å². The molecule has 0 radical (unpaired) electrons. The molecule has 2 amide bonds. The second-order valence-corrected chi connectivity index (χ2v) is 9.11. The minimum Gasteiger partial charge on any atom is -0.346 e. The number of carbonyl (C=O) groups excluding carboxylic acids is 2. The maximum Gasteiger partial charge on any atom is 0.267 e. The predicted molar refractivity (Wildman–Crippen MR) is 111 cm³/mol. The van der Waals surface area contributed by atoms with E-state index in [-0.39, 0.29) is 23.8 Å². The summed E-state index contributed by atoms with van der Waals surface area (Å²) in [4.78, 5) is 29.5. The molecular formula is C19H16BrN3O2S2. The molecule has 2 N–H and O–H groups in total. The van der Waals surface area contributed by atoms with Crippen molar-refractivity contribution in [2.24, 2.45) is 0 Å². The summed E-state index contributed by atoms with van der Waals surface area (Å²) in [6.45, 7) is 0. The van der Waals surface area contributed by atoms with E-state index in [2.05, 4.69) is 31.5 Å². The number of aromatic nitrogens is 1. The number of thiophene rings is 1. The Kier molecular flexibility index (Phi) is 5.12. The summed E-state index contributed by atoms with van der Waals surface area (Å²) in [6.07, 6.45) is 2.09. The van der Waals surface area contributed by atoms with Crippen LogP contribution in [0.25, 0.3) is 0 Å². The van der Waals surface area contributed by atoms with Gasteiger partial charge in [-0.05, 0) is 42.0 Å². The van der Waals surface area contributed by atoms with Crippen molar-refractivity contribution < 1.29 is 9.59 Å². The van der Waals surface area contributed by atoms with Gasteiger partial charge in [0.05, 0.1) is 22.5 Å². The Morgan fingerprint density at radius 3 is 2.59 bits per heavy atom. The van der Waals surface area contributed by atoms with Crippen molar-refractivity contribution in [2.75, 3.05) is 5.32 Å². The molecule has 0 bridgehead atoms. The molecule has 1 aliphatic carbocycles. The maximum atomic E-state index is 12.5. The molecular weight excluding hydrogens is 446 g/mol. The average Bonchev–Trinajstić information content (AvgIpc) is 3.05. The van der Waals surface area contributed by atoms with Crippen LogP contribution < -0.4 is 10.6 Å². The summed E-state index contributed by atoms with van der Waals surface area (Å²) in [5.41, 5.74) is 1.54. The number of benzene rings is 1. The largest absolute Gasteiger partial charge is 0.346 e. The van der Waals surface area contributed by atoms with Crippen molar-refractivity contribution in [3.8, 4) is 0 Å². The van der Waals surface area contributed by atoms with Crippen LogP contribution >= 0.6 is 38.6 Å². The van der Waals surface area contributed by atoms with E-state index in [1.807, 2.05) is 41.1 Å². The first-order chi connectivity index (χ1) is 13.0. The Bertz CT molecular complexity index is 963. The third-order valence-corrected chi connectivity index (χ3v) is 6.59. The molecule has 5 nitrogen and oxygen atoms in total. The zero-order valence-electron chi connectivity index (χ0n) is 14.2. The zero-order valence-corrected chi connectivity index (χ0v) is 17.4. The Balaban J connectivity index is 1.36. The fourth-order valence-electron chi connectivity index (χ4n) is 2.87. The van der Waals surface area contributed by atoms with Gasteiger partial charge in [-0.15, -0.1) is 22.7 Å².